The fourth-order valence-corrected chi connectivity index (χ4v) is 5.13. The molecule has 1 aromatic rings. The van der Waals surface area contributed by atoms with Crippen molar-refractivity contribution in [3.8, 4) is 0 Å². The Kier molecular flexibility index (Phi) is 24.2. The van der Waals surface area contributed by atoms with Gasteiger partial charge in [-0.15, -0.1) is 0 Å². The molecule has 1 fully saturated rings. The molecule has 1 aliphatic carbocycles. The first-order valence-corrected chi connectivity index (χ1v) is 16.2. The third-order valence-electron chi connectivity index (χ3n) is 7.46. The van der Waals surface area contributed by atoms with E-state index in [-0.39, 0.29) is 50.0 Å². The van der Waals surface area contributed by atoms with E-state index < -0.39 is 18.3 Å². The lowest BCUT2D eigenvalue weighted by Gasteiger charge is -2.21. The fraction of sp³-hybridized carbons (Fsp3) is 0.647. The maximum Gasteiger partial charge on any atom is 0.308 e. The number of benzene rings is 1. The number of carbonyl (C=O) groups is 2. The van der Waals surface area contributed by atoms with Crippen molar-refractivity contribution in [1.82, 2.24) is 5.32 Å². The molecule has 0 bridgehead atoms. The van der Waals surface area contributed by atoms with Gasteiger partial charge in [0.15, 0.2) is 0 Å². The Labute approximate surface area is 272 Å². The Morgan fingerprint density at radius 1 is 0.957 bits per heavy atom. The minimum Gasteiger partial charge on any atom is -0.458 e. The molecule has 0 aromatic heterocycles. The van der Waals surface area contributed by atoms with Gasteiger partial charge in [0, 0.05) is 25.3 Å². The molecule has 1 saturated carbocycles. The van der Waals surface area contributed by atoms with Gasteiger partial charge in [-0.3, -0.25) is 9.59 Å². The van der Waals surface area contributed by atoms with E-state index in [2.05, 4.69) is 10.9 Å². The van der Waals surface area contributed by atoms with E-state index in [0.29, 0.717) is 58.7 Å². The van der Waals surface area contributed by atoms with Gasteiger partial charge in [0.05, 0.1) is 64.9 Å². The molecule has 1 amide bonds. The van der Waals surface area contributed by atoms with Gasteiger partial charge in [0.2, 0.25) is 5.91 Å². The average Bonchev–Trinajstić information content (AvgIpc) is 3.33. The van der Waals surface area contributed by atoms with Gasteiger partial charge in [0.1, 0.15) is 6.10 Å². The fourth-order valence-electron chi connectivity index (χ4n) is 5.13. The molecular weight excluding hydrogens is 596 g/mol. The zero-order chi connectivity index (χ0) is 33.8. The highest BCUT2D eigenvalue weighted by Gasteiger charge is 2.39. The van der Waals surface area contributed by atoms with E-state index in [9.17, 15) is 19.8 Å². The summed E-state index contributed by atoms with van der Waals surface area (Å²) in [5.74, 6) is -0.730. The summed E-state index contributed by atoms with van der Waals surface area (Å²) in [5, 5.41) is 32.8. The molecule has 260 valence electrons. The molecule has 0 radical (unpaired) electrons. The van der Waals surface area contributed by atoms with E-state index in [4.69, 9.17) is 29.0 Å². The molecule has 0 unspecified atom stereocenters. The summed E-state index contributed by atoms with van der Waals surface area (Å²) < 4.78 is 21.8. The molecule has 46 heavy (non-hydrogen) atoms. The second-order valence-corrected chi connectivity index (χ2v) is 10.9. The number of nitrogens with one attached hydrogen (secondary N) is 2. The van der Waals surface area contributed by atoms with Gasteiger partial charge in [-0.05, 0) is 56.6 Å². The summed E-state index contributed by atoms with van der Waals surface area (Å²) in [6.07, 6.45) is 10.4. The minimum absolute atomic E-state index is 0.0186. The Morgan fingerprint density at radius 2 is 1.63 bits per heavy atom. The van der Waals surface area contributed by atoms with Crippen LogP contribution in [0.4, 0.5) is 0 Å². The number of ether oxygens (including phenoxy) is 4. The lowest BCUT2D eigenvalue weighted by atomic mass is 9.89. The normalized spacial score (nSPS) is 20.0. The van der Waals surface area contributed by atoms with Crippen LogP contribution in [0, 0.1) is 22.3 Å². The third-order valence-corrected chi connectivity index (χ3v) is 7.46. The van der Waals surface area contributed by atoms with Gasteiger partial charge in [-0.25, -0.2) is 0 Å². The standard InChI is InChI=1S/C34H53NO9.HNO/c1-2-35-33(39)13-9-4-3-8-12-29-30(32(38)26-31(29)37)17-16-28(15-14-27-10-6-5-7-11-27)44-34(40)18-20-41-22-24-43-25-23-42-21-19-36;1-2/h3,5-8,10-11,16-17,28-32,36-38H,2,4,9,12-15,18-26H2,1H3,(H,35,39);1H/b8-3-,17-16+;/t28-,29+,30+,31-,32+;/m0./s1. The van der Waals surface area contributed by atoms with Crippen molar-refractivity contribution in [2.45, 2.75) is 76.6 Å². The van der Waals surface area contributed by atoms with Crippen LogP contribution in [-0.2, 0) is 35.0 Å². The van der Waals surface area contributed by atoms with Crippen LogP contribution < -0.4 is 5.32 Å². The van der Waals surface area contributed by atoms with Crippen molar-refractivity contribution in [1.29, 1.82) is 5.59 Å². The van der Waals surface area contributed by atoms with Crippen molar-refractivity contribution >= 4 is 11.9 Å². The predicted octanol–water partition coefficient (Wildman–Crippen LogP) is 3.46. The molecule has 12 nitrogen and oxygen atoms in total. The second kappa shape index (κ2) is 27.1. The van der Waals surface area contributed by atoms with Crippen LogP contribution in [0.2, 0.25) is 0 Å². The lowest BCUT2D eigenvalue weighted by Crippen LogP contribution is -2.22. The molecule has 0 heterocycles. The number of aryl methyl sites for hydroxylation is 1. The van der Waals surface area contributed by atoms with E-state index in [1.165, 1.54) is 0 Å². The lowest BCUT2D eigenvalue weighted by molar-refractivity contribution is -0.148. The number of aliphatic hydroxyl groups is 3. The molecule has 5 atom stereocenters. The van der Waals surface area contributed by atoms with Crippen LogP contribution in [0.25, 0.3) is 0 Å². The molecule has 12 heteroatoms. The van der Waals surface area contributed by atoms with Crippen LogP contribution in [-0.4, -0.2) is 98.3 Å². The first-order chi connectivity index (χ1) is 22.4. The Hall–Kier alpha value is -3.00. The van der Waals surface area contributed by atoms with Crippen LogP contribution in [0.5, 0.6) is 0 Å². The maximum absolute atomic E-state index is 12.7. The number of carbonyl (C=O) groups excluding carboxylic acids is 2. The molecule has 1 aliphatic rings. The average molecular weight is 651 g/mol. The van der Waals surface area contributed by atoms with Gasteiger partial charge < -0.3 is 39.6 Å². The molecule has 0 saturated heterocycles. The summed E-state index contributed by atoms with van der Waals surface area (Å²) in [6.45, 7) is 4.54. The van der Waals surface area contributed by atoms with Gasteiger partial charge in [-0.2, -0.15) is 4.91 Å². The highest BCUT2D eigenvalue weighted by molar-refractivity contribution is 5.75. The van der Waals surface area contributed by atoms with Crippen LogP contribution in [0.15, 0.2) is 54.6 Å². The van der Waals surface area contributed by atoms with Crippen molar-refractivity contribution in [3.05, 3.63) is 65.1 Å². The summed E-state index contributed by atoms with van der Waals surface area (Å²) in [7, 11) is 0. The summed E-state index contributed by atoms with van der Waals surface area (Å²) in [4.78, 5) is 31.8. The van der Waals surface area contributed by atoms with Crippen LogP contribution in [0.1, 0.15) is 57.4 Å². The zero-order valence-electron chi connectivity index (χ0n) is 27.1. The first kappa shape index (κ1) is 41.0. The third kappa shape index (κ3) is 18.8. The summed E-state index contributed by atoms with van der Waals surface area (Å²) in [6, 6.07) is 9.98. The maximum atomic E-state index is 12.7. The number of allylic oxidation sites excluding steroid dienone is 2. The highest BCUT2D eigenvalue weighted by atomic mass is 16.6. The monoisotopic (exact) mass is 650 g/mol. The Balaban J connectivity index is 0.00000518. The highest BCUT2D eigenvalue weighted by Crippen LogP contribution is 2.36. The number of unbranched alkanes of at least 4 members (excludes halogenated alkanes) is 1. The zero-order valence-corrected chi connectivity index (χ0v) is 27.1. The Morgan fingerprint density at radius 3 is 2.30 bits per heavy atom. The van der Waals surface area contributed by atoms with E-state index in [1.54, 1.807) is 0 Å². The number of esters is 1. The molecular formula is C34H54N2O10. The number of rotatable bonds is 24. The SMILES string of the molecule is CCNC(=O)CCC/C=C\C[C@@H]1[C@@H](/C=C/[C@H](CCc2ccccc2)OC(=O)CCOCCOCCOCCO)[C@H](O)C[C@@H]1O.N=O. The largest absolute Gasteiger partial charge is 0.458 e. The van der Waals surface area contributed by atoms with Gasteiger partial charge in [-0.1, -0.05) is 54.2 Å². The topological polar surface area (TPSA) is 185 Å². The van der Waals surface area contributed by atoms with Crippen molar-refractivity contribution < 1.29 is 43.9 Å². The van der Waals surface area contributed by atoms with Crippen LogP contribution >= 0.6 is 0 Å². The van der Waals surface area contributed by atoms with E-state index in [1.807, 2.05) is 61.6 Å². The predicted molar refractivity (Wildman–Crippen MR) is 174 cm³/mol. The summed E-state index contributed by atoms with van der Waals surface area (Å²) in [5.41, 5.74) is 5.64. The minimum atomic E-state index is -0.681. The number of hydrogen-bond donors (Lipinski definition) is 5. The van der Waals surface area contributed by atoms with Crippen molar-refractivity contribution in [2.24, 2.45) is 11.8 Å². The number of nitroso groups, excluding NO2 is 1. The summed E-state index contributed by atoms with van der Waals surface area (Å²) >= 11 is 0. The van der Waals surface area contributed by atoms with Crippen molar-refractivity contribution in [3.63, 3.8) is 0 Å². The van der Waals surface area contributed by atoms with E-state index >= 15 is 0 Å². The van der Waals surface area contributed by atoms with E-state index in [0.717, 1.165) is 24.8 Å². The molecule has 5 N–H and O–H groups in total. The molecule has 2 rings (SSSR count). The molecule has 0 spiro atoms. The first-order valence-electron chi connectivity index (χ1n) is 16.2. The molecule has 1 aromatic carbocycles. The smallest absolute Gasteiger partial charge is 0.308 e. The Bertz CT molecular complexity index is 978. The molecule has 0 aliphatic heterocycles. The second-order valence-electron chi connectivity index (χ2n) is 10.9. The van der Waals surface area contributed by atoms with Gasteiger partial charge in [0.25, 0.3) is 0 Å². The van der Waals surface area contributed by atoms with Crippen LogP contribution in [0.3, 0.4) is 0 Å². The van der Waals surface area contributed by atoms with Crippen molar-refractivity contribution in [2.75, 3.05) is 52.8 Å². The number of aliphatic hydroxyl groups excluding tert-OH is 3. The number of hydrogen-bond acceptors (Lipinski definition) is 11. The quantitative estimate of drug-likeness (QED) is 0.0480. The number of amides is 1. The van der Waals surface area contributed by atoms with Gasteiger partial charge >= 0.3 is 5.97 Å².